The molecule has 7 nitrogen and oxygen atoms in total. The molecule has 3 aromatic rings. The summed E-state index contributed by atoms with van der Waals surface area (Å²) in [6.07, 6.45) is 2.48. The standard InChI is InChI=1S/C19H14N4O3/c1-11-14(6-3-7-15(11)20)18-21-19(26-22-18)12-4-2-5-13(10-12)23-16(24)8-9-17(23)25/h2-10H,20H2,1H3. The molecule has 26 heavy (non-hydrogen) atoms. The zero-order valence-electron chi connectivity index (χ0n) is 13.8. The minimum Gasteiger partial charge on any atom is -0.398 e. The molecule has 0 saturated heterocycles. The van der Waals surface area contributed by atoms with E-state index < -0.39 is 0 Å². The molecule has 0 aliphatic carbocycles. The first-order valence-corrected chi connectivity index (χ1v) is 7.90. The van der Waals surface area contributed by atoms with E-state index in [1.165, 1.54) is 12.2 Å². The van der Waals surface area contributed by atoms with Gasteiger partial charge in [-0.2, -0.15) is 4.98 Å². The average Bonchev–Trinajstić information content (AvgIpc) is 3.25. The molecule has 0 radical (unpaired) electrons. The lowest BCUT2D eigenvalue weighted by Gasteiger charge is -2.13. The fourth-order valence-electron chi connectivity index (χ4n) is 2.78. The molecule has 1 aliphatic heterocycles. The summed E-state index contributed by atoms with van der Waals surface area (Å²) in [7, 11) is 0. The van der Waals surface area contributed by atoms with Crippen molar-refractivity contribution >= 4 is 23.2 Å². The van der Waals surface area contributed by atoms with Crippen LogP contribution in [0.25, 0.3) is 22.8 Å². The highest BCUT2D eigenvalue weighted by Crippen LogP contribution is 2.29. The van der Waals surface area contributed by atoms with Gasteiger partial charge in [-0.3, -0.25) is 9.59 Å². The van der Waals surface area contributed by atoms with Gasteiger partial charge in [0.05, 0.1) is 5.69 Å². The second kappa shape index (κ2) is 5.96. The van der Waals surface area contributed by atoms with Crippen LogP contribution in [0.3, 0.4) is 0 Å². The minimum absolute atomic E-state index is 0.288. The molecule has 0 atom stereocenters. The number of nitrogens with zero attached hydrogens (tertiary/aromatic N) is 3. The smallest absolute Gasteiger partial charge is 0.258 e. The third-order valence-corrected chi connectivity index (χ3v) is 4.20. The van der Waals surface area contributed by atoms with E-state index in [0.29, 0.717) is 22.8 Å². The normalized spacial score (nSPS) is 13.7. The molecule has 2 aromatic carbocycles. The average molecular weight is 346 g/mol. The number of imide groups is 1. The van der Waals surface area contributed by atoms with Crippen molar-refractivity contribution in [1.29, 1.82) is 0 Å². The molecule has 0 spiro atoms. The van der Waals surface area contributed by atoms with Crippen LogP contribution in [0.4, 0.5) is 11.4 Å². The molecule has 1 aromatic heterocycles. The van der Waals surface area contributed by atoms with E-state index in [-0.39, 0.29) is 17.7 Å². The van der Waals surface area contributed by atoms with Gasteiger partial charge in [0, 0.05) is 29.0 Å². The van der Waals surface area contributed by atoms with Crippen LogP contribution in [0, 0.1) is 6.92 Å². The molecule has 0 fully saturated rings. The highest BCUT2D eigenvalue weighted by atomic mass is 16.5. The number of nitrogens with two attached hydrogens (primary N) is 1. The Morgan fingerprint density at radius 2 is 1.77 bits per heavy atom. The molecule has 0 saturated carbocycles. The van der Waals surface area contributed by atoms with E-state index in [0.717, 1.165) is 16.0 Å². The first kappa shape index (κ1) is 15.8. The Labute approximate surface area is 148 Å². The molecule has 128 valence electrons. The summed E-state index contributed by atoms with van der Waals surface area (Å²) in [6, 6.07) is 12.3. The Morgan fingerprint density at radius 1 is 1.04 bits per heavy atom. The van der Waals surface area contributed by atoms with E-state index in [1.807, 2.05) is 19.1 Å². The second-order valence-electron chi connectivity index (χ2n) is 5.84. The van der Waals surface area contributed by atoms with Crippen molar-refractivity contribution in [2.45, 2.75) is 6.92 Å². The maximum atomic E-state index is 11.8. The van der Waals surface area contributed by atoms with Gasteiger partial charge >= 0.3 is 0 Å². The summed E-state index contributed by atoms with van der Waals surface area (Å²) in [5.41, 5.74) is 9.28. The fraction of sp³-hybridized carbons (Fsp3) is 0.0526. The number of rotatable bonds is 3. The first-order chi connectivity index (χ1) is 12.5. The molecule has 0 unspecified atom stereocenters. The molecule has 2 heterocycles. The quantitative estimate of drug-likeness (QED) is 0.578. The Bertz CT molecular complexity index is 1050. The molecule has 2 N–H and O–H groups in total. The highest BCUT2D eigenvalue weighted by Gasteiger charge is 2.25. The predicted octanol–water partition coefficient (Wildman–Crippen LogP) is 2.72. The minimum atomic E-state index is -0.381. The molecule has 1 aliphatic rings. The zero-order chi connectivity index (χ0) is 18.3. The lowest BCUT2D eigenvalue weighted by atomic mass is 10.1. The van der Waals surface area contributed by atoms with Crippen LogP contribution in [-0.4, -0.2) is 22.0 Å². The van der Waals surface area contributed by atoms with Crippen molar-refractivity contribution in [2.75, 3.05) is 10.6 Å². The van der Waals surface area contributed by atoms with Crippen molar-refractivity contribution in [2.24, 2.45) is 0 Å². The van der Waals surface area contributed by atoms with E-state index in [2.05, 4.69) is 10.1 Å². The van der Waals surface area contributed by atoms with Crippen LogP contribution in [0.5, 0.6) is 0 Å². The Hall–Kier alpha value is -3.74. The third-order valence-electron chi connectivity index (χ3n) is 4.20. The van der Waals surface area contributed by atoms with Gasteiger partial charge in [0.25, 0.3) is 17.7 Å². The summed E-state index contributed by atoms with van der Waals surface area (Å²) < 4.78 is 5.37. The SMILES string of the molecule is Cc1c(N)cccc1-c1noc(-c2cccc(N3C(=O)C=CC3=O)c2)n1. The summed E-state index contributed by atoms with van der Waals surface area (Å²) in [5.74, 6) is -0.0524. The van der Waals surface area contributed by atoms with Crippen LogP contribution < -0.4 is 10.6 Å². The van der Waals surface area contributed by atoms with Gasteiger partial charge in [-0.25, -0.2) is 4.90 Å². The van der Waals surface area contributed by atoms with Gasteiger partial charge in [0.2, 0.25) is 5.82 Å². The number of carbonyl (C=O) groups is 2. The molecule has 2 amide bonds. The Kier molecular flexibility index (Phi) is 3.62. The molecule has 0 bridgehead atoms. The van der Waals surface area contributed by atoms with Crippen molar-refractivity contribution in [3.8, 4) is 22.8 Å². The number of aromatic nitrogens is 2. The Balaban J connectivity index is 1.71. The lowest BCUT2D eigenvalue weighted by molar-refractivity contribution is -0.119. The molecule has 4 rings (SSSR count). The van der Waals surface area contributed by atoms with Crippen LogP contribution in [0.2, 0.25) is 0 Å². The monoisotopic (exact) mass is 346 g/mol. The van der Waals surface area contributed by atoms with E-state index in [4.69, 9.17) is 10.3 Å². The number of carbonyl (C=O) groups excluding carboxylic acids is 2. The van der Waals surface area contributed by atoms with E-state index in [9.17, 15) is 9.59 Å². The number of anilines is 2. The summed E-state index contributed by atoms with van der Waals surface area (Å²) in [4.78, 5) is 29.2. The number of amides is 2. The fourth-order valence-corrected chi connectivity index (χ4v) is 2.78. The van der Waals surface area contributed by atoms with Crippen LogP contribution >= 0.6 is 0 Å². The lowest BCUT2D eigenvalue weighted by Crippen LogP contribution is -2.29. The molecular formula is C19H14N4O3. The number of benzene rings is 2. The summed E-state index contributed by atoms with van der Waals surface area (Å²) >= 11 is 0. The van der Waals surface area contributed by atoms with Crippen molar-refractivity contribution in [3.05, 3.63) is 60.2 Å². The summed E-state index contributed by atoms with van der Waals surface area (Å²) in [6.45, 7) is 1.89. The number of hydrogen-bond donors (Lipinski definition) is 1. The van der Waals surface area contributed by atoms with Gasteiger partial charge in [0.1, 0.15) is 0 Å². The molecule has 7 heteroatoms. The van der Waals surface area contributed by atoms with Gasteiger partial charge in [0.15, 0.2) is 0 Å². The maximum Gasteiger partial charge on any atom is 0.258 e. The largest absolute Gasteiger partial charge is 0.398 e. The summed E-state index contributed by atoms with van der Waals surface area (Å²) in [5, 5.41) is 4.02. The van der Waals surface area contributed by atoms with Crippen LogP contribution in [-0.2, 0) is 9.59 Å². The molecular weight excluding hydrogens is 332 g/mol. The maximum absolute atomic E-state index is 11.8. The van der Waals surface area contributed by atoms with Crippen molar-refractivity contribution in [3.63, 3.8) is 0 Å². The third kappa shape index (κ3) is 2.55. The highest BCUT2D eigenvalue weighted by molar-refractivity contribution is 6.28. The van der Waals surface area contributed by atoms with Gasteiger partial charge in [-0.05, 0) is 36.8 Å². The number of nitrogen functional groups attached to an aromatic ring is 1. The first-order valence-electron chi connectivity index (χ1n) is 7.90. The second-order valence-corrected chi connectivity index (χ2v) is 5.84. The Morgan fingerprint density at radius 3 is 2.54 bits per heavy atom. The van der Waals surface area contributed by atoms with Crippen LogP contribution in [0.15, 0.2) is 59.1 Å². The van der Waals surface area contributed by atoms with Crippen molar-refractivity contribution < 1.29 is 14.1 Å². The van der Waals surface area contributed by atoms with E-state index in [1.54, 1.807) is 30.3 Å². The van der Waals surface area contributed by atoms with Crippen LogP contribution in [0.1, 0.15) is 5.56 Å². The van der Waals surface area contributed by atoms with Gasteiger partial charge in [-0.15, -0.1) is 0 Å². The number of hydrogen-bond acceptors (Lipinski definition) is 6. The predicted molar refractivity (Wildman–Crippen MR) is 96.0 cm³/mol. The van der Waals surface area contributed by atoms with Crippen molar-refractivity contribution in [1.82, 2.24) is 10.1 Å². The zero-order valence-corrected chi connectivity index (χ0v) is 13.8. The van der Waals surface area contributed by atoms with Gasteiger partial charge in [-0.1, -0.05) is 23.4 Å². The topological polar surface area (TPSA) is 102 Å². The van der Waals surface area contributed by atoms with E-state index >= 15 is 0 Å². The van der Waals surface area contributed by atoms with Gasteiger partial charge < -0.3 is 10.3 Å².